The van der Waals surface area contributed by atoms with Gasteiger partial charge in [-0.25, -0.2) is 0 Å². The maximum Gasteiger partial charge on any atom is 0.259 e. The van der Waals surface area contributed by atoms with Gasteiger partial charge in [-0.3, -0.25) is 4.79 Å². The molecule has 0 atom stereocenters. The maximum absolute atomic E-state index is 12.5. The number of methoxy groups -OCH3 is 3. The van der Waals surface area contributed by atoms with Gasteiger partial charge in [0.15, 0.2) is 0 Å². The van der Waals surface area contributed by atoms with Crippen LogP contribution in [0.25, 0.3) is 0 Å². The summed E-state index contributed by atoms with van der Waals surface area (Å²) in [7, 11) is 4.65. The molecule has 0 unspecified atom stereocenters. The first-order chi connectivity index (χ1) is 10.6. The molecule has 0 aliphatic rings. The molecule has 0 saturated carbocycles. The summed E-state index contributed by atoms with van der Waals surface area (Å²) in [5.74, 6) is 1.45. The second-order valence-corrected chi connectivity index (χ2v) is 4.72. The van der Waals surface area contributed by atoms with Crippen molar-refractivity contribution in [3.05, 3.63) is 47.5 Å². The van der Waals surface area contributed by atoms with Crippen LogP contribution in [0, 0.1) is 6.92 Å². The summed E-state index contributed by atoms with van der Waals surface area (Å²) in [6.45, 7) is 1.92. The Morgan fingerprint density at radius 2 is 1.64 bits per heavy atom. The lowest BCUT2D eigenvalue weighted by atomic mass is 10.1. The minimum atomic E-state index is -0.260. The van der Waals surface area contributed by atoms with Crippen LogP contribution >= 0.6 is 0 Å². The third kappa shape index (κ3) is 3.31. The SMILES string of the molecule is COc1ccc(NC(=O)c2cc(C)ccc2OC)c(OC)c1. The quantitative estimate of drug-likeness (QED) is 0.921. The van der Waals surface area contributed by atoms with Crippen LogP contribution in [-0.2, 0) is 0 Å². The molecule has 1 N–H and O–H groups in total. The van der Waals surface area contributed by atoms with E-state index in [9.17, 15) is 4.79 Å². The fourth-order valence-electron chi connectivity index (χ4n) is 2.09. The summed E-state index contributed by atoms with van der Waals surface area (Å²) < 4.78 is 15.7. The van der Waals surface area contributed by atoms with Gasteiger partial charge in [0.25, 0.3) is 5.91 Å². The van der Waals surface area contributed by atoms with Gasteiger partial charge in [0.05, 0.1) is 32.6 Å². The number of nitrogens with one attached hydrogen (secondary N) is 1. The molecule has 2 aromatic carbocycles. The number of benzene rings is 2. The summed E-state index contributed by atoms with van der Waals surface area (Å²) in [6.07, 6.45) is 0. The Kier molecular flexibility index (Phi) is 4.88. The largest absolute Gasteiger partial charge is 0.497 e. The van der Waals surface area contributed by atoms with Gasteiger partial charge in [0.1, 0.15) is 17.2 Å². The predicted octanol–water partition coefficient (Wildman–Crippen LogP) is 3.27. The van der Waals surface area contributed by atoms with Gasteiger partial charge >= 0.3 is 0 Å². The van der Waals surface area contributed by atoms with Crippen LogP contribution in [-0.4, -0.2) is 27.2 Å². The minimum absolute atomic E-state index is 0.260. The molecule has 2 aromatic rings. The summed E-state index contributed by atoms with van der Waals surface area (Å²) in [5, 5.41) is 2.83. The number of rotatable bonds is 5. The van der Waals surface area contributed by atoms with Gasteiger partial charge < -0.3 is 19.5 Å². The third-order valence-corrected chi connectivity index (χ3v) is 3.26. The zero-order valence-corrected chi connectivity index (χ0v) is 13.1. The average Bonchev–Trinajstić information content (AvgIpc) is 2.55. The van der Waals surface area contributed by atoms with Crippen LogP contribution in [0.3, 0.4) is 0 Å². The van der Waals surface area contributed by atoms with Gasteiger partial charge in [-0.05, 0) is 31.2 Å². The molecule has 0 fully saturated rings. The fraction of sp³-hybridized carbons (Fsp3) is 0.235. The van der Waals surface area contributed by atoms with E-state index in [-0.39, 0.29) is 5.91 Å². The van der Waals surface area contributed by atoms with Crippen molar-refractivity contribution >= 4 is 11.6 Å². The molecule has 0 radical (unpaired) electrons. The number of hydrogen-bond acceptors (Lipinski definition) is 4. The van der Waals surface area contributed by atoms with Crippen LogP contribution in [0.4, 0.5) is 5.69 Å². The molecule has 0 heterocycles. The Labute approximate surface area is 129 Å². The lowest BCUT2D eigenvalue weighted by molar-refractivity contribution is 0.102. The van der Waals surface area contributed by atoms with Crippen molar-refractivity contribution in [1.82, 2.24) is 0 Å². The van der Waals surface area contributed by atoms with Gasteiger partial charge in [-0.2, -0.15) is 0 Å². The lowest BCUT2D eigenvalue weighted by Crippen LogP contribution is -2.14. The summed E-state index contributed by atoms with van der Waals surface area (Å²) in [6, 6.07) is 10.6. The highest BCUT2D eigenvalue weighted by Gasteiger charge is 2.15. The smallest absolute Gasteiger partial charge is 0.259 e. The van der Waals surface area contributed by atoms with Gasteiger partial charge in [0.2, 0.25) is 0 Å². The Balaban J connectivity index is 2.31. The second kappa shape index (κ2) is 6.85. The van der Waals surface area contributed by atoms with Crippen LogP contribution < -0.4 is 19.5 Å². The molecule has 5 nitrogen and oxygen atoms in total. The molecule has 0 spiro atoms. The number of hydrogen-bond donors (Lipinski definition) is 1. The van der Waals surface area contributed by atoms with E-state index < -0.39 is 0 Å². The molecule has 2 rings (SSSR count). The number of carbonyl (C=O) groups excluding carboxylic acids is 1. The normalized spacial score (nSPS) is 10.0. The van der Waals surface area contributed by atoms with E-state index in [4.69, 9.17) is 14.2 Å². The monoisotopic (exact) mass is 301 g/mol. The zero-order valence-electron chi connectivity index (χ0n) is 13.1. The standard InChI is InChI=1S/C17H19NO4/c1-11-5-8-15(21-3)13(9-11)17(19)18-14-7-6-12(20-2)10-16(14)22-4/h5-10H,1-4H3,(H,18,19). The highest BCUT2D eigenvalue weighted by Crippen LogP contribution is 2.30. The Morgan fingerprint density at radius 1 is 0.909 bits per heavy atom. The van der Waals surface area contributed by atoms with Crippen LogP contribution in [0.15, 0.2) is 36.4 Å². The van der Waals surface area contributed by atoms with E-state index in [1.807, 2.05) is 13.0 Å². The number of anilines is 1. The van der Waals surface area contributed by atoms with Crippen molar-refractivity contribution in [3.63, 3.8) is 0 Å². The summed E-state index contributed by atoms with van der Waals surface area (Å²) in [5.41, 5.74) is 2.02. The summed E-state index contributed by atoms with van der Waals surface area (Å²) in [4.78, 5) is 12.5. The Bertz CT molecular complexity index is 682. The Morgan fingerprint density at radius 3 is 2.27 bits per heavy atom. The molecular formula is C17H19NO4. The second-order valence-electron chi connectivity index (χ2n) is 4.72. The van der Waals surface area contributed by atoms with E-state index in [0.717, 1.165) is 5.56 Å². The van der Waals surface area contributed by atoms with Crippen molar-refractivity contribution < 1.29 is 19.0 Å². The zero-order chi connectivity index (χ0) is 16.1. The van der Waals surface area contributed by atoms with Crippen LogP contribution in [0.2, 0.25) is 0 Å². The van der Waals surface area contributed by atoms with Gasteiger partial charge in [-0.1, -0.05) is 11.6 Å². The minimum Gasteiger partial charge on any atom is -0.497 e. The number of amides is 1. The molecule has 5 heteroatoms. The fourth-order valence-corrected chi connectivity index (χ4v) is 2.09. The van der Waals surface area contributed by atoms with Crippen molar-refractivity contribution in [2.75, 3.05) is 26.6 Å². The van der Waals surface area contributed by atoms with Crippen molar-refractivity contribution in [2.24, 2.45) is 0 Å². The maximum atomic E-state index is 12.5. The number of ether oxygens (including phenoxy) is 3. The highest BCUT2D eigenvalue weighted by atomic mass is 16.5. The van der Waals surface area contributed by atoms with E-state index in [1.165, 1.54) is 14.2 Å². The molecule has 0 aliphatic heterocycles. The first-order valence-electron chi connectivity index (χ1n) is 6.77. The Hall–Kier alpha value is -2.69. The third-order valence-electron chi connectivity index (χ3n) is 3.26. The van der Waals surface area contributed by atoms with Crippen molar-refractivity contribution in [1.29, 1.82) is 0 Å². The van der Waals surface area contributed by atoms with Crippen LogP contribution in [0.1, 0.15) is 15.9 Å². The first-order valence-corrected chi connectivity index (χ1v) is 6.77. The number of aryl methyl sites for hydroxylation is 1. The number of carbonyl (C=O) groups is 1. The van der Waals surface area contributed by atoms with Crippen molar-refractivity contribution in [3.8, 4) is 17.2 Å². The summed E-state index contributed by atoms with van der Waals surface area (Å²) >= 11 is 0. The van der Waals surface area contributed by atoms with E-state index in [2.05, 4.69) is 5.32 Å². The topological polar surface area (TPSA) is 56.8 Å². The molecule has 0 aromatic heterocycles. The predicted molar refractivity (Wildman–Crippen MR) is 85.2 cm³/mol. The lowest BCUT2D eigenvalue weighted by Gasteiger charge is -2.13. The first kappa shape index (κ1) is 15.7. The van der Waals surface area contributed by atoms with E-state index >= 15 is 0 Å². The van der Waals surface area contributed by atoms with E-state index in [0.29, 0.717) is 28.5 Å². The van der Waals surface area contributed by atoms with Crippen LogP contribution in [0.5, 0.6) is 17.2 Å². The van der Waals surface area contributed by atoms with Gasteiger partial charge in [-0.15, -0.1) is 0 Å². The highest BCUT2D eigenvalue weighted by molar-refractivity contribution is 6.07. The molecule has 0 saturated heterocycles. The molecule has 1 amide bonds. The average molecular weight is 301 g/mol. The van der Waals surface area contributed by atoms with Gasteiger partial charge in [0, 0.05) is 6.07 Å². The molecule has 0 aliphatic carbocycles. The van der Waals surface area contributed by atoms with E-state index in [1.54, 1.807) is 37.4 Å². The molecule has 22 heavy (non-hydrogen) atoms. The molecule has 0 bridgehead atoms. The van der Waals surface area contributed by atoms with Crippen molar-refractivity contribution in [2.45, 2.75) is 6.92 Å². The molecule has 116 valence electrons. The molecular weight excluding hydrogens is 282 g/mol.